The van der Waals surface area contributed by atoms with Crippen LogP contribution in [-0.4, -0.2) is 28.9 Å². The zero-order valence-corrected chi connectivity index (χ0v) is 10.9. The first kappa shape index (κ1) is 13.4. The predicted molar refractivity (Wildman–Crippen MR) is 71.1 cm³/mol. The van der Waals surface area contributed by atoms with Crippen LogP contribution < -0.4 is 0 Å². The minimum absolute atomic E-state index is 0.0669. The lowest BCUT2D eigenvalue weighted by Gasteiger charge is -2.27. The van der Waals surface area contributed by atoms with E-state index in [4.69, 9.17) is 5.53 Å². The first-order chi connectivity index (χ1) is 9.26. The summed E-state index contributed by atoms with van der Waals surface area (Å²) in [4.78, 5) is 20.8. The highest BCUT2D eigenvalue weighted by molar-refractivity contribution is 5.79. The van der Waals surface area contributed by atoms with Crippen LogP contribution in [0, 0.1) is 5.92 Å². The van der Waals surface area contributed by atoms with Crippen LogP contribution in [0.1, 0.15) is 31.4 Å². The van der Waals surface area contributed by atoms with Gasteiger partial charge in [0.25, 0.3) is 0 Å². The van der Waals surface area contributed by atoms with Crippen LogP contribution in [0.2, 0.25) is 0 Å². The third kappa shape index (κ3) is 3.03. The molecule has 1 aliphatic heterocycles. The van der Waals surface area contributed by atoms with Gasteiger partial charge in [0.05, 0.1) is 6.04 Å². The summed E-state index contributed by atoms with van der Waals surface area (Å²) < 4.78 is 0. The molecule has 1 amide bonds. The van der Waals surface area contributed by atoms with Crippen LogP contribution in [0.25, 0.3) is 10.4 Å². The fourth-order valence-corrected chi connectivity index (χ4v) is 2.59. The second kappa shape index (κ2) is 6.20. The molecular formula is C13H17N5O. The Hall–Kier alpha value is -2.07. The molecule has 0 aromatic carbocycles. The zero-order chi connectivity index (χ0) is 13.7. The van der Waals surface area contributed by atoms with Crippen LogP contribution in [0.5, 0.6) is 0 Å². The summed E-state index contributed by atoms with van der Waals surface area (Å²) in [5.74, 6) is 0.267. The van der Waals surface area contributed by atoms with Gasteiger partial charge >= 0.3 is 0 Å². The Balaban J connectivity index is 2.11. The van der Waals surface area contributed by atoms with Gasteiger partial charge in [-0.15, -0.1) is 0 Å². The lowest BCUT2D eigenvalue weighted by molar-refractivity contribution is -0.129. The van der Waals surface area contributed by atoms with Gasteiger partial charge in [-0.25, -0.2) is 0 Å². The van der Waals surface area contributed by atoms with Gasteiger partial charge < -0.3 is 4.90 Å². The van der Waals surface area contributed by atoms with Gasteiger partial charge in [0, 0.05) is 36.8 Å². The highest BCUT2D eigenvalue weighted by atomic mass is 16.2. The van der Waals surface area contributed by atoms with Crippen molar-refractivity contribution in [3.05, 3.63) is 40.5 Å². The molecule has 1 aromatic rings. The van der Waals surface area contributed by atoms with Crippen molar-refractivity contribution in [2.45, 2.75) is 25.8 Å². The first-order valence-corrected chi connectivity index (χ1v) is 6.46. The van der Waals surface area contributed by atoms with E-state index in [0.717, 1.165) is 12.0 Å². The highest BCUT2D eigenvalue weighted by Gasteiger charge is 2.33. The number of nitrogens with zero attached hydrogens (tertiary/aromatic N) is 5. The Labute approximate surface area is 112 Å². The summed E-state index contributed by atoms with van der Waals surface area (Å²) in [6, 6.07) is 3.95. The number of hydrogen-bond donors (Lipinski definition) is 0. The van der Waals surface area contributed by atoms with Gasteiger partial charge in [0.2, 0.25) is 5.91 Å². The third-order valence-electron chi connectivity index (χ3n) is 3.47. The number of azide groups is 1. The lowest BCUT2D eigenvalue weighted by Crippen LogP contribution is -2.30. The monoisotopic (exact) mass is 259 g/mol. The van der Waals surface area contributed by atoms with Crippen LogP contribution in [-0.2, 0) is 4.79 Å². The molecule has 19 heavy (non-hydrogen) atoms. The van der Waals surface area contributed by atoms with Crippen molar-refractivity contribution < 1.29 is 4.79 Å². The fourth-order valence-electron chi connectivity index (χ4n) is 2.59. The highest BCUT2D eigenvalue weighted by Crippen LogP contribution is 2.30. The maximum atomic E-state index is 12.1. The maximum absolute atomic E-state index is 12.1. The predicted octanol–water partition coefficient (Wildman–Crippen LogP) is 2.69. The van der Waals surface area contributed by atoms with Gasteiger partial charge in [-0.1, -0.05) is 18.1 Å². The quantitative estimate of drug-likeness (QED) is 0.462. The van der Waals surface area contributed by atoms with E-state index in [1.54, 1.807) is 6.20 Å². The molecule has 0 N–H and O–H groups in total. The minimum atomic E-state index is 0.0669. The number of likely N-dealkylation sites (tertiary alicyclic amines) is 1. The van der Waals surface area contributed by atoms with E-state index in [-0.39, 0.29) is 17.9 Å². The second-order valence-corrected chi connectivity index (χ2v) is 4.74. The summed E-state index contributed by atoms with van der Waals surface area (Å²) in [5.41, 5.74) is 9.40. The Morgan fingerprint density at radius 3 is 3.16 bits per heavy atom. The largest absolute Gasteiger partial charge is 0.335 e. The van der Waals surface area contributed by atoms with Crippen molar-refractivity contribution in [1.29, 1.82) is 0 Å². The van der Waals surface area contributed by atoms with Crippen LogP contribution in [0.3, 0.4) is 0 Å². The number of carbonyl (C=O) groups is 1. The third-order valence-corrected chi connectivity index (χ3v) is 3.47. The molecule has 1 saturated heterocycles. The number of carbonyl (C=O) groups excluding carboxylic acids is 1. The minimum Gasteiger partial charge on any atom is -0.335 e. The van der Waals surface area contributed by atoms with Crippen LogP contribution in [0.15, 0.2) is 29.6 Å². The van der Waals surface area contributed by atoms with Crippen LogP contribution in [0.4, 0.5) is 0 Å². The molecule has 100 valence electrons. The molecular weight excluding hydrogens is 242 g/mol. The number of hydrogen-bond acceptors (Lipinski definition) is 3. The first-order valence-electron chi connectivity index (χ1n) is 6.46. The van der Waals surface area contributed by atoms with Crippen molar-refractivity contribution in [2.24, 2.45) is 11.0 Å². The van der Waals surface area contributed by atoms with Gasteiger partial charge in [0.15, 0.2) is 0 Å². The van der Waals surface area contributed by atoms with E-state index in [0.29, 0.717) is 19.5 Å². The van der Waals surface area contributed by atoms with Gasteiger partial charge in [-0.05, 0) is 29.5 Å². The molecule has 0 spiro atoms. The molecule has 1 aliphatic rings. The number of amides is 1. The Kier molecular flexibility index (Phi) is 4.36. The van der Waals surface area contributed by atoms with Crippen molar-refractivity contribution in [3.8, 4) is 0 Å². The molecule has 0 bridgehead atoms. The standard InChI is InChI=1S/C13H17N5O/c1-2-12(11-4-3-5-15-8-11)18-9-10(6-13(18)19)7-16-17-14/h3-5,8,10,12H,2,6-7,9H2,1H3. The summed E-state index contributed by atoms with van der Waals surface area (Å²) in [5, 5.41) is 3.57. The Bertz CT molecular complexity index is 483. The molecule has 1 aromatic heterocycles. The van der Waals surface area contributed by atoms with E-state index >= 15 is 0 Å². The van der Waals surface area contributed by atoms with E-state index in [1.807, 2.05) is 23.2 Å². The van der Waals surface area contributed by atoms with Crippen molar-refractivity contribution in [3.63, 3.8) is 0 Å². The molecule has 6 heteroatoms. The summed E-state index contributed by atoms with van der Waals surface area (Å²) in [7, 11) is 0. The van der Waals surface area contributed by atoms with Crippen LogP contribution >= 0.6 is 0 Å². The molecule has 1 fully saturated rings. The Morgan fingerprint density at radius 2 is 2.53 bits per heavy atom. The molecule has 2 heterocycles. The molecule has 0 radical (unpaired) electrons. The van der Waals surface area contributed by atoms with E-state index in [2.05, 4.69) is 21.9 Å². The topological polar surface area (TPSA) is 82.0 Å². The summed E-state index contributed by atoms with van der Waals surface area (Å²) >= 11 is 0. The molecule has 2 atom stereocenters. The Morgan fingerprint density at radius 1 is 1.68 bits per heavy atom. The SMILES string of the molecule is CCC(c1cccnc1)N1CC(CN=[N+]=[N-])CC1=O. The van der Waals surface area contributed by atoms with E-state index < -0.39 is 0 Å². The van der Waals surface area contributed by atoms with Crippen molar-refractivity contribution >= 4 is 5.91 Å². The number of rotatable bonds is 5. The molecule has 2 rings (SSSR count). The number of pyridine rings is 1. The molecule has 0 saturated carbocycles. The maximum Gasteiger partial charge on any atom is 0.223 e. The fraction of sp³-hybridized carbons (Fsp3) is 0.538. The van der Waals surface area contributed by atoms with Crippen molar-refractivity contribution in [2.75, 3.05) is 13.1 Å². The van der Waals surface area contributed by atoms with E-state index in [1.165, 1.54) is 0 Å². The normalized spacial score (nSPS) is 20.2. The van der Waals surface area contributed by atoms with Gasteiger partial charge in [-0.2, -0.15) is 0 Å². The average Bonchev–Trinajstić information content (AvgIpc) is 2.80. The van der Waals surface area contributed by atoms with Crippen molar-refractivity contribution in [1.82, 2.24) is 9.88 Å². The van der Waals surface area contributed by atoms with Gasteiger partial charge in [0.1, 0.15) is 0 Å². The summed E-state index contributed by atoms with van der Waals surface area (Å²) in [6.45, 7) is 3.11. The smallest absolute Gasteiger partial charge is 0.223 e. The number of aromatic nitrogens is 1. The zero-order valence-electron chi connectivity index (χ0n) is 10.9. The lowest BCUT2D eigenvalue weighted by atomic mass is 10.1. The summed E-state index contributed by atoms with van der Waals surface area (Å²) in [6.07, 6.45) is 4.86. The molecule has 2 unspecified atom stereocenters. The average molecular weight is 259 g/mol. The van der Waals surface area contributed by atoms with E-state index in [9.17, 15) is 4.79 Å². The second-order valence-electron chi connectivity index (χ2n) is 4.74. The van der Waals surface area contributed by atoms with Gasteiger partial charge in [-0.3, -0.25) is 9.78 Å². The molecule has 6 nitrogen and oxygen atoms in total. The molecule has 0 aliphatic carbocycles.